The summed E-state index contributed by atoms with van der Waals surface area (Å²) in [4.78, 5) is 13.0. The zero-order valence-corrected chi connectivity index (χ0v) is 49.3. The predicted molar refractivity (Wildman–Crippen MR) is 335 cm³/mol. The molecule has 0 aromatic heterocycles. The van der Waals surface area contributed by atoms with Crippen LogP contribution >= 0.6 is 0 Å². The van der Waals surface area contributed by atoms with Gasteiger partial charge in [0, 0.05) is 6.42 Å². The van der Waals surface area contributed by atoms with Crippen molar-refractivity contribution in [2.75, 3.05) is 13.2 Å². The summed E-state index contributed by atoms with van der Waals surface area (Å²) in [5.41, 5.74) is 0. The molecule has 1 heterocycles. The number of unbranched alkanes of at least 4 members (excludes halogenated alkanes) is 14. The Morgan fingerprint density at radius 3 is 1.22 bits per heavy atom. The Bertz CT molecular complexity index is 1840. The molecule has 0 spiro atoms. The summed E-state index contributed by atoms with van der Waals surface area (Å²) in [6.45, 7) is 3.61. The quantitative estimate of drug-likeness (QED) is 0.0261. The van der Waals surface area contributed by atoms with Gasteiger partial charge in [-0.25, -0.2) is 0 Å². The van der Waals surface area contributed by atoms with Gasteiger partial charge < -0.3 is 40.3 Å². The number of allylic oxidation sites excluding steroid dienone is 27. The lowest BCUT2D eigenvalue weighted by Crippen LogP contribution is -2.60. The third-order valence-electron chi connectivity index (χ3n) is 13.3. The standard InChI is InChI=1S/C70H111NO8/c1-3-5-7-9-11-13-15-17-19-21-22-23-24-25-26-27-28-29-30-31-32-33-34-35-36-37-38-39-40-41-42-44-46-48-50-52-54-56-58-60-66(74)71-63(62-78-70-69(77)68(76)67(75)65(61-72)79-70)64(73)59-57-55-53-51-49-47-45-43-20-18-16-14-12-10-8-6-4-2/h5,7,11,13,17,19,22-23,25-26,28-29,31-32,34-35,37-38,40-41,44,46,49-52,57,59,63-65,67-70,72-73,75-77H,3-4,6,8-10,12,14-16,18,20-21,24,27,30,33,36,39,42-43,45,47-48,53-56,58,60-62H2,1-2H3,(H,71,74)/b7-5-,13-11-,19-17-,23-22-,26-25-,29-28-,32-31-,35-34-,38-37-,41-40-,46-44-,51-49+,52-50-,59-57+. The van der Waals surface area contributed by atoms with Gasteiger partial charge >= 0.3 is 0 Å². The highest BCUT2D eigenvalue weighted by molar-refractivity contribution is 5.76. The van der Waals surface area contributed by atoms with Crippen LogP contribution in [0.5, 0.6) is 0 Å². The van der Waals surface area contributed by atoms with Gasteiger partial charge in [-0.05, 0) is 122 Å². The smallest absolute Gasteiger partial charge is 0.220 e. The fraction of sp³-hybridized carbons (Fsp3) is 0.586. The fourth-order valence-corrected chi connectivity index (χ4v) is 8.45. The first-order chi connectivity index (χ1) is 38.8. The lowest BCUT2D eigenvalue weighted by molar-refractivity contribution is -0.302. The van der Waals surface area contributed by atoms with Crippen molar-refractivity contribution in [3.63, 3.8) is 0 Å². The number of aliphatic hydroxyl groups is 5. The molecule has 9 nitrogen and oxygen atoms in total. The van der Waals surface area contributed by atoms with Crippen LogP contribution < -0.4 is 5.32 Å². The minimum Gasteiger partial charge on any atom is -0.394 e. The number of hydrogen-bond acceptors (Lipinski definition) is 8. The first-order valence-electron chi connectivity index (χ1n) is 30.9. The summed E-state index contributed by atoms with van der Waals surface area (Å²) < 4.78 is 11.2. The first kappa shape index (κ1) is 72.6. The number of rotatable bonds is 50. The number of ether oxygens (including phenoxy) is 2. The molecule has 0 aromatic rings. The van der Waals surface area contributed by atoms with Crippen LogP contribution in [0.4, 0.5) is 0 Å². The fourth-order valence-electron chi connectivity index (χ4n) is 8.45. The molecule has 7 unspecified atom stereocenters. The Morgan fingerprint density at radius 2 is 0.797 bits per heavy atom. The van der Waals surface area contributed by atoms with E-state index in [2.05, 4.69) is 177 Å². The van der Waals surface area contributed by atoms with Gasteiger partial charge in [0.05, 0.1) is 25.4 Å². The van der Waals surface area contributed by atoms with Crippen LogP contribution in [-0.4, -0.2) is 87.5 Å². The zero-order chi connectivity index (χ0) is 57.2. The van der Waals surface area contributed by atoms with Crippen LogP contribution in [0.1, 0.15) is 206 Å². The lowest BCUT2D eigenvalue weighted by atomic mass is 9.99. The van der Waals surface area contributed by atoms with E-state index >= 15 is 0 Å². The maximum Gasteiger partial charge on any atom is 0.220 e. The molecule has 0 aliphatic carbocycles. The molecule has 1 saturated heterocycles. The summed E-state index contributed by atoms with van der Waals surface area (Å²) >= 11 is 0. The van der Waals surface area contributed by atoms with E-state index in [0.717, 1.165) is 109 Å². The number of hydrogen-bond donors (Lipinski definition) is 6. The number of nitrogens with one attached hydrogen (secondary N) is 1. The molecule has 0 aromatic carbocycles. The SMILES string of the molecule is CC/C=C\C/C=C\C/C=C\C/C=C\C/C=C\C/C=C\C/C=C\C/C=C\C/C=C\C/C=C\C/C=C\C/C=C\CCCCC(=O)NC(COC1OC(CO)C(O)C(O)C1O)C(O)/C=C/CC/C=C/CCCCCCCCCCCCC. The Labute approximate surface area is 481 Å². The molecule has 1 aliphatic rings. The molecule has 0 radical (unpaired) electrons. The highest BCUT2D eigenvalue weighted by Gasteiger charge is 2.44. The largest absolute Gasteiger partial charge is 0.394 e. The van der Waals surface area contributed by atoms with Crippen molar-refractivity contribution in [2.45, 2.75) is 249 Å². The molecule has 79 heavy (non-hydrogen) atoms. The average molecular weight is 1090 g/mol. The molecule has 1 fully saturated rings. The molecule has 7 atom stereocenters. The second-order valence-electron chi connectivity index (χ2n) is 20.4. The monoisotopic (exact) mass is 1090 g/mol. The van der Waals surface area contributed by atoms with E-state index in [1.807, 2.05) is 6.08 Å². The van der Waals surface area contributed by atoms with Crippen molar-refractivity contribution in [2.24, 2.45) is 0 Å². The van der Waals surface area contributed by atoms with Crippen molar-refractivity contribution in [1.29, 1.82) is 0 Å². The second kappa shape index (κ2) is 56.8. The first-order valence-corrected chi connectivity index (χ1v) is 30.9. The summed E-state index contributed by atoms with van der Waals surface area (Å²) in [7, 11) is 0. The van der Waals surface area contributed by atoms with Gasteiger partial charge in [0.2, 0.25) is 5.91 Å². The van der Waals surface area contributed by atoms with Gasteiger partial charge in [0.25, 0.3) is 0 Å². The Balaban J connectivity index is 2.25. The van der Waals surface area contributed by atoms with Crippen LogP contribution in [0.3, 0.4) is 0 Å². The Hall–Kier alpha value is -4.45. The predicted octanol–water partition coefficient (Wildman–Crippen LogP) is 16.2. The maximum absolute atomic E-state index is 13.0. The van der Waals surface area contributed by atoms with E-state index in [1.54, 1.807) is 6.08 Å². The van der Waals surface area contributed by atoms with Gasteiger partial charge in [-0.2, -0.15) is 0 Å². The highest BCUT2D eigenvalue weighted by atomic mass is 16.7. The molecule has 0 saturated carbocycles. The minimum absolute atomic E-state index is 0.230. The molecule has 9 heteroatoms. The number of amides is 1. The summed E-state index contributed by atoms with van der Waals surface area (Å²) in [5, 5.41) is 54.4. The van der Waals surface area contributed by atoms with Crippen LogP contribution in [0.2, 0.25) is 0 Å². The topological polar surface area (TPSA) is 149 Å². The molecular formula is C70H111NO8. The van der Waals surface area contributed by atoms with Crippen LogP contribution in [0, 0.1) is 0 Å². The molecule has 6 N–H and O–H groups in total. The highest BCUT2D eigenvalue weighted by Crippen LogP contribution is 2.22. The maximum atomic E-state index is 13.0. The van der Waals surface area contributed by atoms with Crippen molar-refractivity contribution < 1.29 is 39.8 Å². The van der Waals surface area contributed by atoms with E-state index in [0.29, 0.717) is 6.42 Å². The molecular weight excluding hydrogens is 983 g/mol. The van der Waals surface area contributed by atoms with Gasteiger partial charge in [-0.1, -0.05) is 248 Å². The van der Waals surface area contributed by atoms with Crippen molar-refractivity contribution in [3.8, 4) is 0 Å². The van der Waals surface area contributed by atoms with Gasteiger partial charge in [-0.3, -0.25) is 4.79 Å². The van der Waals surface area contributed by atoms with Gasteiger partial charge in [0.1, 0.15) is 24.4 Å². The van der Waals surface area contributed by atoms with Crippen molar-refractivity contribution in [3.05, 3.63) is 170 Å². The number of carbonyl (C=O) groups excluding carboxylic acids is 1. The van der Waals surface area contributed by atoms with Crippen molar-refractivity contribution >= 4 is 5.91 Å². The molecule has 1 amide bonds. The van der Waals surface area contributed by atoms with Crippen LogP contribution in [0.25, 0.3) is 0 Å². The normalized spacial score (nSPS) is 19.8. The van der Waals surface area contributed by atoms with Crippen molar-refractivity contribution in [1.82, 2.24) is 5.32 Å². The third kappa shape index (κ3) is 45.9. The van der Waals surface area contributed by atoms with E-state index in [4.69, 9.17) is 9.47 Å². The van der Waals surface area contributed by atoms with E-state index in [-0.39, 0.29) is 18.9 Å². The van der Waals surface area contributed by atoms with Crippen LogP contribution in [-0.2, 0) is 14.3 Å². The van der Waals surface area contributed by atoms with Gasteiger partial charge in [-0.15, -0.1) is 0 Å². The van der Waals surface area contributed by atoms with Crippen LogP contribution in [0.15, 0.2) is 170 Å². The summed E-state index contributed by atoms with van der Waals surface area (Å²) in [6, 6.07) is -0.858. The molecule has 444 valence electrons. The third-order valence-corrected chi connectivity index (χ3v) is 13.3. The zero-order valence-electron chi connectivity index (χ0n) is 49.3. The van der Waals surface area contributed by atoms with Gasteiger partial charge in [0.15, 0.2) is 6.29 Å². The number of aliphatic hydroxyl groups excluding tert-OH is 5. The Morgan fingerprint density at radius 1 is 0.443 bits per heavy atom. The molecule has 0 bridgehead atoms. The van der Waals surface area contributed by atoms with E-state index < -0.39 is 49.5 Å². The second-order valence-corrected chi connectivity index (χ2v) is 20.4. The summed E-state index contributed by atoms with van der Waals surface area (Å²) in [5.74, 6) is -0.236. The lowest BCUT2D eigenvalue weighted by Gasteiger charge is -2.40. The molecule has 1 rings (SSSR count). The Kier molecular flexibility index (Phi) is 52.2. The molecule has 1 aliphatic heterocycles. The van der Waals surface area contributed by atoms with E-state index in [9.17, 15) is 30.3 Å². The van der Waals surface area contributed by atoms with E-state index in [1.165, 1.54) is 70.6 Å². The minimum atomic E-state index is -1.59. The summed E-state index contributed by atoms with van der Waals surface area (Å²) in [6.07, 6.45) is 84.3. The number of carbonyl (C=O) groups is 1. The average Bonchev–Trinajstić information content (AvgIpc) is 3.48.